The fourth-order valence-electron chi connectivity index (χ4n) is 2.47. The maximum absolute atomic E-state index is 12.8. The molecule has 23 heavy (non-hydrogen) atoms. The maximum Gasteiger partial charge on any atom is 0.349 e. The number of benzene rings is 1. The van der Waals surface area contributed by atoms with Crippen LogP contribution in [0.5, 0.6) is 0 Å². The van der Waals surface area contributed by atoms with Crippen LogP contribution in [0, 0.1) is 5.41 Å². The molecule has 0 unspecified atom stereocenters. The molecule has 0 aliphatic rings. The minimum Gasteiger partial charge on any atom is -0.422 e. The van der Waals surface area contributed by atoms with Gasteiger partial charge in [0.1, 0.15) is 11.1 Å². The zero-order valence-corrected chi connectivity index (χ0v) is 13.8. The van der Waals surface area contributed by atoms with Crippen molar-refractivity contribution in [3.8, 4) is 0 Å². The number of hydrogen-bond donors (Lipinski definition) is 1. The Kier molecular flexibility index (Phi) is 5.21. The largest absolute Gasteiger partial charge is 0.422 e. The lowest BCUT2D eigenvalue weighted by Crippen LogP contribution is -2.40. The van der Waals surface area contributed by atoms with E-state index in [9.17, 15) is 9.59 Å². The van der Waals surface area contributed by atoms with E-state index in [2.05, 4.69) is 0 Å². The minimum absolute atomic E-state index is 0.000248. The third-order valence-corrected chi connectivity index (χ3v) is 3.41. The van der Waals surface area contributed by atoms with Crippen molar-refractivity contribution in [3.63, 3.8) is 0 Å². The monoisotopic (exact) mass is 317 g/mol. The van der Waals surface area contributed by atoms with Crippen molar-refractivity contribution >= 4 is 16.9 Å². The number of hydrogen-bond acceptors (Lipinski definition) is 4. The molecule has 1 aromatic heterocycles. The van der Waals surface area contributed by atoms with Crippen molar-refractivity contribution in [2.75, 3.05) is 19.7 Å². The summed E-state index contributed by atoms with van der Waals surface area (Å²) in [6.45, 7) is 6.97. The molecule has 124 valence electrons. The zero-order chi connectivity index (χ0) is 17.0. The molecule has 0 atom stereocenters. The number of aliphatic hydroxyl groups is 1. The Morgan fingerprint density at radius 2 is 1.96 bits per heavy atom. The molecule has 0 aliphatic heterocycles. The molecule has 1 heterocycles. The van der Waals surface area contributed by atoms with E-state index in [1.165, 1.54) is 0 Å². The number of carbonyl (C=O) groups excluding carboxylic acids is 1. The quantitative estimate of drug-likeness (QED) is 0.861. The summed E-state index contributed by atoms with van der Waals surface area (Å²) in [7, 11) is 0. The predicted octanol–water partition coefficient (Wildman–Crippen LogP) is 2.66. The summed E-state index contributed by atoms with van der Waals surface area (Å²) in [5.41, 5.74) is -0.239. The van der Waals surface area contributed by atoms with Gasteiger partial charge in [0.05, 0.1) is 0 Å². The van der Waals surface area contributed by atoms with Crippen LogP contribution in [0.3, 0.4) is 0 Å². The number of rotatable bonds is 5. The van der Waals surface area contributed by atoms with E-state index in [0.29, 0.717) is 30.5 Å². The fourth-order valence-corrected chi connectivity index (χ4v) is 2.47. The standard InChI is InChI=1S/C18H23NO4/c1-18(2,3)12-19(9-6-10-20)16(21)14-11-13-7-4-5-8-15(13)23-17(14)22/h4-5,7-8,11,20H,6,9-10,12H2,1-3H3. The molecule has 2 aromatic rings. The van der Waals surface area contributed by atoms with Crippen LogP contribution in [0.1, 0.15) is 37.6 Å². The van der Waals surface area contributed by atoms with Crippen molar-refractivity contribution in [2.24, 2.45) is 5.41 Å². The van der Waals surface area contributed by atoms with Crippen LogP contribution in [0.4, 0.5) is 0 Å². The first-order chi connectivity index (χ1) is 10.8. The van der Waals surface area contributed by atoms with Gasteiger partial charge in [0.15, 0.2) is 0 Å². The Morgan fingerprint density at radius 3 is 2.61 bits per heavy atom. The number of amides is 1. The molecule has 0 aliphatic carbocycles. The zero-order valence-electron chi connectivity index (χ0n) is 13.8. The molecule has 0 bridgehead atoms. The molecule has 0 spiro atoms. The molecular weight excluding hydrogens is 294 g/mol. The van der Waals surface area contributed by atoms with Crippen LogP contribution < -0.4 is 5.63 Å². The van der Waals surface area contributed by atoms with Crippen molar-refractivity contribution in [3.05, 3.63) is 46.3 Å². The normalized spacial score (nSPS) is 11.7. The maximum atomic E-state index is 12.8. The van der Waals surface area contributed by atoms with Crippen molar-refractivity contribution in [1.82, 2.24) is 4.90 Å². The van der Waals surface area contributed by atoms with Crippen LogP contribution in [0.2, 0.25) is 0 Å². The second-order valence-corrected chi connectivity index (χ2v) is 6.85. The molecule has 5 nitrogen and oxygen atoms in total. The van der Waals surface area contributed by atoms with Gasteiger partial charge in [-0.25, -0.2) is 4.79 Å². The SMILES string of the molecule is CC(C)(C)CN(CCCO)C(=O)c1cc2ccccc2oc1=O. The lowest BCUT2D eigenvalue weighted by Gasteiger charge is -2.29. The smallest absolute Gasteiger partial charge is 0.349 e. The lowest BCUT2D eigenvalue weighted by molar-refractivity contribution is 0.0678. The predicted molar refractivity (Wildman–Crippen MR) is 89.5 cm³/mol. The molecule has 0 saturated heterocycles. The molecule has 0 fully saturated rings. The third-order valence-electron chi connectivity index (χ3n) is 3.41. The van der Waals surface area contributed by atoms with Crippen molar-refractivity contribution in [1.29, 1.82) is 0 Å². The van der Waals surface area contributed by atoms with Gasteiger partial charge in [-0.3, -0.25) is 4.79 Å². The van der Waals surface area contributed by atoms with Gasteiger partial charge in [-0.15, -0.1) is 0 Å². The highest BCUT2D eigenvalue weighted by molar-refractivity contribution is 5.96. The molecular formula is C18H23NO4. The third kappa shape index (κ3) is 4.42. The molecule has 1 amide bonds. The molecule has 5 heteroatoms. The van der Waals surface area contributed by atoms with Crippen molar-refractivity contribution < 1.29 is 14.3 Å². The van der Waals surface area contributed by atoms with Crippen LogP contribution in [-0.2, 0) is 0 Å². The second-order valence-electron chi connectivity index (χ2n) is 6.85. The number of aliphatic hydroxyl groups excluding tert-OH is 1. The number of nitrogens with zero attached hydrogens (tertiary/aromatic N) is 1. The first kappa shape index (κ1) is 17.2. The Morgan fingerprint density at radius 1 is 1.26 bits per heavy atom. The molecule has 1 N–H and O–H groups in total. The number of para-hydroxylation sites is 1. The first-order valence-corrected chi connectivity index (χ1v) is 7.75. The molecule has 1 aromatic carbocycles. The van der Waals surface area contributed by atoms with Gasteiger partial charge in [-0.05, 0) is 24.0 Å². The summed E-state index contributed by atoms with van der Waals surface area (Å²) in [6.07, 6.45) is 0.473. The van der Waals surface area contributed by atoms with Gasteiger partial charge in [0, 0.05) is 25.1 Å². The Bertz CT molecular complexity index is 743. The average molecular weight is 317 g/mol. The minimum atomic E-state index is -0.628. The highest BCUT2D eigenvalue weighted by Crippen LogP contribution is 2.18. The van der Waals surface area contributed by atoms with Crippen LogP contribution in [0.15, 0.2) is 39.5 Å². The van der Waals surface area contributed by atoms with Gasteiger partial charge < -0.3 is 14.4 Å². The summed E-state index contributed by atoms with van der Waals surface area (Å²) in [6, 6.07) is 8.69. The summed E-state index contributed by atoms with van der Waals surface area (Å²) < 4.78 is 5.25. The van der Waals surface area contributed by atoms with Crippen LogP contribution >= 0.6 is 0 Å². The summed E-state index contributed by atoms with van der Waals surface area (Å²) >= 11 is 0. The lowest BCUT2D eigenvalue weighted by atomic mass is 9.95. The Balaban J connectivity index is 2.38. The van der Waals surface area contributed by atoms with Crippen molar-refractivity contribution in [2.45, 2.75) is 27.2 Å². The number of fused-ring (bicyclic) bond motifs is 1. The van der Waals surface area contributed by atoms with E-state index in [1.807, 2.05) is 26.8 Å². The van der Waals surface area contributed by atoms with Gasteiger partial charge >= 0.3 is 5.63 Å². The summed E-state index contributed by atoms with van der Waals surface area (Å²) in [5.74, 6) is -0.354. The molecule has 2 rings (SSSR count). The van der Waals surface area contributed by atoms with E-state index < -0.39 is 5.63 Å². The van der Waals surface area contributed by atoms with E-state index in [0.717, 1.165) is 0 Å². The van der Waals surface area contributed by atoms with Crippen LogP contribution in [0.25, 0.3) is 11.0 Å². The molecule has 0 saturated carbocycles. The van der Waals surface area contributed by atoms with E-state index >= 15 is 0 Å². The topological polar surface area (TPSA) is 70.8 Å². The van der Waals surface area contributed by atoms with E-state index in [-0.39, 0.29) is 23.5 Å². The van der Waals surface area contributed by atoms with E-state index in [1.54, 1.807) is 29.2 Å². The summed E-state index contributed by atoms with van der Waals surface area (Å²) in [4.78, 5) is 26.5. The second kappa shape index (κ2) is 6.96. The number of carbonyl (C=O) groups is 1. The van der Waals surface area contributed by atoms with E-state index in [4.69, 9.17) is 9.52 Å². The molecule has 0 radical (unpaired) electrons. The first-order valence-electron chi connectivity index (χ1n) is 7.75. The van der Waals surface area contributed by atoms with Gasteiger partial charge in [0.2, 0.25) is 0 Å². The average Bonchev–Trinajstić information content (AvgIpc) is 2.49. The Labute approximate surface area is 135 Å². The highest BCUT2D eigenvalue weighted by atomic mass is 16.4. The Hall–Kier alpha value is -2.14. The summed E-state index contributed by atoms with van der Waals surface area (Å²) in [5, 5.41) is 9.76. The van der Waals surface area contributed by atoms with Crippen LogP contribution in [-0.4, -0.2) is 35.6 Å². The van der Waals surface area contributed by atoms with Gasteiger partial charge in [-0.2, -0.15) is 0 Å². The highest BCUT2D eigenvalue weighted by Gasteiger charge is 2.24. The fraction of sp³-hybridized carbons (Fsp3) is 0.444. The van der Waals surface area contributed by atoms with Gasteiger partial charge in [-0.1, -0.05) is 39.0 Å². The van der Waals surface area contributed by atoms with Gasteiger partial charge in [0.25, 0.3) is 5.91 Å².